The number of hydrogen-bond acceptors (Lipinski definition) is 0. The van der Waals surface area contributed by atoms with Crippen LogP contribution in [-0.2, 0) is 0 Å². The summed E-state index contributed by atoms with van der Waals surface area (Å²) in [6.45, 7) is 25.3. The summed E-state index contributed by atoms with van der Waals surface area (Å²) in [5, 5.41) is 0.322. The van der Waals surface area contributed by atoms with Crippen LogP contribution in [-0.4, -0.2) is 5.38 Å². The van der Waals surface area contributed by atoms with Gasteiger partial charge in [-0.25, -0.2) is 0 Å². The zero-order valence-electron chi connectivity index (χ0n) is 25.7. The van der Waals surface area contributed by atoms with Crippen LogP contribution in [0.15, 0.2) is 0 Å². The molecular weight excluding hydrogens is 432 g/mol. The van der Waals surface area contributed by atoms with Crippen LogP contribution in [0.25, 0.3) is 0 Å². The van der Waals surface area contributed by atoms with Gasteiger partial charge in [-0.15, -0.1) is 11.6 Å². The maximum absolute atomic E-state index is 6.05. The third-order valence-electron chi connectivity index (χ3n) is 9.93. The average Bonchev–Trinajstić information content (AvgIpc) is 2.83. The molecule has 0 aromatic heterocycles. The van der Waals surface area contributed by atoms with Gasteiger partial charge in [0.25, 0.3) is 0 Å². The summed E-state index contributed by atoms with van der Waals surface area (Å²) in [7, 11) is 0. The van der Waals surface area contributed by atoms with Crippen LogP contribution in [0.3, 0.4) is 0 Å². The third-order valence-corrected chi connectivity index (χ3v) is 10.1. The van der Waals surface area contributed by atoms with Crippen molar-refractivity contribution in [2.75, 3.05) is 0 Å². The first-order valence-electron chi connectivity index (χ1n) is 15.7. The molecule has 2 saturated carbocycles. The molecule has 0 radical (unpaired) electrons. The lowest BCUT2D eigenvalue weighted by Crippen LogP contribution is -2.29. The molecular formula is C33H67Cl. The highest BCUT2D eigenvalue weighted by Crippen LogP contribution is 2.43. The van der Waals surface area contributed by atoms with Gasteiger partial charge in [-0.05, 0) is 92.3 Å². The number of rotatable bonds is 10. The minimum Gasteiger partial charge on any atom is -0.123 e. The Morgan fingerprint density at radius 2 is 1.38 bits per heavy atom. The maximum Gasteiger partial charge on any atom is 0.0307 e. The molecule has 0 saturated heterocycles. The van der Waals surface area contributed by atoms with Crippen molar-refractivity contribution in [1.82, 2.24) is 0 Å². The third kappa shape index (κ3) is 13.0. The SMILES string of the molecule is CC.CCC(C)CC(C)(C)C(C)C(C)CCC(C)Cl.CCC1CCC(C2CCCCC2C)CC1. The monoisotopic (exact) mass is 498 g/mol. The van der Waals surface area contributed by atoms with Gasteiger partial charge < -0.3 is 0 Å². The summed E-state index contributed by atoms with van der Waals surface area (Å²) >= 11 is 6.05. The summed E-state index contributed by atoms with van der Waals surface area (Å²) in [6, 6.07) is 0. The normalized spacial score (nSPS) is 28.9. The molecule has 6 atom stereocenters. The van der Waals surface area contributed by atoms with Gasteiger partial charge in [0, 0.05) is 5.38 Å². The molecule has 0 aromatic rings. The zero-order valence-corrected chi connectivity index (χ0v) is 26.4. The van der Waals surface area contributed by atoms with E-state index in [1.165, 1.54) is 57.8 Å². The van der Waals surface area contributed by atoms with E-state index < -0.39 is 0 Å². The molecule has 0 bridgehead atoms. The van der Waals surface area contributed by atoms with Gasteiger partial charge >= 0.3 is 0 Å². The van der Waals surface area contributed by atoms with Crippen molar-refractivity contribution < 1.29 is 0 Å². The van der Waals surface area contributed by atoms with E-state index in [1.807, 2.05) is 13.8 Å². The van der Waals surface area contributed by atoms with Crippen molar-refractivity contribution in [1.29, 1.82) is 0 Å². The predicted molar refractivity (Wildman–Crippen MR) is 159 cm³/mol. The predicted octanol–water partition coefficient (Wildman–Crippen LogP) is 12.2. The molecule has 6 unspecified atom stereocenters. The van der Waals surface area contributed by atoms with Gasteiger partial charge in [-0.2, -0.15) is 0 Å². The van der Waals surface area contributed by atoms with Crippen molar-refractivity contribution in [3.05, 3.63) is 0 Å². The summed E-state index contributed by atoms with van der Waals surface area (Å²) in [6.07, 6.45) is 18.7. The van der Waals surface area contributed by atoms with E-state index >= 15 is 0 Å². The summed E-state index contributed by atoms with van der Waals surface area (Å²) in [4.78, 5) is 0. The van der Waals surface area contributed by atoms with Gasteiger partial charge in [0.05, 0.1) is 0 Å². The lowest BCUT2D eigenvalue weighted by atomic mass is 9.67. The lowest BCUT2D eigenvalue weighted by Gasteiger charge is -2.39. The molecule has 0 aromatic carbocycles. The standard InChI is InChI=1S/C16H33Cl.C15H28.C2H6/c1-8-12(2)11-16(6,7)15(5)13(3)9-10-14(4)17;1-3-13-8-10-14(11-9-13)15-7-5-4-6-12(15)2;1-2/h12-15H,8-11H2,1-7H3;12-15H,3-11H2,1-2H3;1-2H3. The molecule has 0 aliphatic heterocycles. The molecule has 2 aliphatic carbocycles. The molecule has 0 heterocycles. The van der Waals surface area contributed by atoms with Crippen LogP contribution in [0.2, 0.25) is 0 Å². The minimum atomic E-state index is 0.322. The molecule has 0 amide bonds. The van der Waals surface area contributed by atoms with Crippen LogP contribution in [0.5, 0.6) is 0 Å². The van der Waals surface area contributed by atoms with Crippen LogP contribution < -0.4 is 0 Å². The smallest absolute Gasteiger partial charge is 0.0307 e. The maximum atomic E-state index is 6.05. The number of alkyl halides is 1. The lowest BCUT2D eigenvalue weighted by molar-refractivity contribution is 0.121. The van der Waals surface area contributed by atoms with E-state index in [9.17, 15) is 0 Å². The number of hydrogen-bond donors (Lipinski definition) is 0. The first-order chi connectivity index (χ1) is 16.0. The Bertz CT molecular complexity index is 459. The van der Waals surface area contributed by atoms with E-state index in [1.54, 1.807) is 19.3 Å². The first-order valence-corrected chi connectivity index (χ1v) is 16.1. The van der Waals surface area contributed by atoms with Crippen molar-refractivity contribution >= 4 is 11.6 Å². The van der Waals surface area contributed by atoms with Gasteiger partial charge in [0.1, 0.15) is 0 Å². The fourth-order valence-electron chi connectivity index (χ4n) is 6.81. The largest absolute Gasteiger partial charge is 0.123 e. The number of halogens is 1. The Kier molecular flexibility index (Phi) is 18.7. The Balaban J connectivity index is 0.000000599. The Morgan fingerprint density at radius 1 is 0.824 bits per heavy atom. The highest BCUT2D eigenvalue weighted by atomic mass is 35.5. The van der Waals surface area contributed by atoms with Crippen molar-refractivity contribution in [2.45, 2.75) is 165 Å². The summed E-state index contributed by atoms with van der Waals surface area (Å²) in [5.41, 5.74) is 0.449. The summed E-state index contributed by atoms with van der Waals surface area (Å²) < 4.78 is 0. The van der Waals surface area contributed by atoms with E-state index in [0.717, 1.165) is 47.8 Å². The van der Waals surface area contributed by atoms with Crippen molar-refractivity contribution in [3.63, 3.8) is 0 Å². The van der Waals surface area contributed by atoms with Gasteiger partial charge in [-0.1, -0.05) is 114 Å². The van der Waals surface area contributed by atoms with E-state index in [0.29, 0.717) is 10.8 Å². The van der Waals surface area contributed by atoms with Crippen molar-refractivity contribution in [2.24, 2.45) is 46.8 Å². The van der Waals surface area contributed by atoms with Crippen LogP contribution >= 0.6 is 11.6 Å². The molecule has 0 nitrogen and oxygen atoms in total. The van der Waals surface area contributed by atoms with Gasteiger partial charge in [-0.3, -0.25) is 0 Å². The van der Waals surface area contributed by atoms with E-state index in [-0.39, 0.29) is 0 Å². The van der Waals surface area contributed by atoms with Crippen molar-refractivity contribution in [3.8, 4) is 0 Å². The molecule has 2 rings (SSSR count). The fraction of sp³-hybridized carbons (Fsp3) is 1.00. The quantitative estimate of drug-likeness (QED) is 0.262. The molecule has 34 heavy (non-hydrogen) atoms. The van der Waals surface area contributed by atoms with Gasteiger partial charge in [0.2, 0.25) is 0 Å². The first kappa shape index (κ1) is 34.3. The van der Waals surface area contributed by atoms with Crippen LogP contribution in [0.4, 0.5) is 0 Å². The molecule has 2 fully saturated rings. The molecule has 1 heteroatoms. The molecule has 0 N–H and O–H groups in total. The molecule has 0 spiro atoms. The minimum absolute atomic E-state index is 0.322. The zero-order chi connectivity index (χ0) is 26.3. The Hall–Kier alpha value is 0.290. The summed E-state index contributed by atoms with van der Waals surface area (Å²) in [5.74, 6) is 6.68. The highest BCUT2D eigenvalue weighted by Gasteiger charge is 2.32. The topological polar surface area (TPSA) is 0 Å². The molecule has 206 valence electrons. The second-order valence-corrected chi connectivity index (χ2v) is 13.7. The Labute approximate surface area is 223 Å². The van der Waals surface area contributed by atoms with E-state index in [2.05, 4.69) is 62.3 Å². The van der Waals surface area contributed by atoms with Crippen LogP contribution in [0.1, 0.15) is 160 Å². The fourth-order valence-corrected chi connectivity index (χ4v) is 6.94. The van der Waals surface area contributed by atoms with E-state index in [4.69, 9.17) is 11.6 Å². The van der Waals surface area contributed by atoms with Gasteiger partial charge in [0.15, 0.2) is 0 Å². The van der Waals surface area contributed by atoms with Crippen LogP contribution in [0, 0.1) is 46.8 Å². The second-order valence-electron chi connectivity index (χ2n) is 12.9. The second kappa shape index (κ2) is 18.5. The average molecular weight is 499 g/mol. The highest BCUT2D eigenvalue weighted by molar-refractivity contribution is 6.20. The molecule has 2 aliphatic rings. The Morgan fingerprint density at radius 3 is 1.85 bits per heavy atom.